The third-order valence-electron chi connectivity index (χ3n) is 7.30. The second kappa shape index (κ2) is 15.0. The van der Waals surface area contributed by atoms with Crippen LogP contribution >= 0.6 is 10.7 Å². The van der Waals surface area contributed by atoms with Crippen molar-refractivity contribution in [2.45, 2.75) is 75.7 Å². The van der Waals surface area contributed by atoms with E-state index in [-0.39, 0.29) is 5.57 Å². The number of esters is 1. The summed E-state index contributed by atoms with van der Waals surface area (Å²) in [5, 5.41) is 3.88. The predicted octanol–water partition coefficient (Wildman–Crippen LogP) is 4.99. The molecule has 5 unspecified atom stereocenters. The van der Waals surface area contributed by atoms with Gasteiger partial charge in [-0.15, -0.1) is 0 Å². The molecule has 2 aromatic rings. The first-order chi connectivity index (χ1) is 21.8. The molecule has 4 rings (SSSR count). The van der Waals surface area contributed by atoms with Crippen LogP contribution in [0, 0.1) is 0 Å². The number of likely N-dealkylation sites (tertiary alicyclic amines) is 1. The van der Waals surface area contributed by atoms with Gasteiger partial charge in [0.25, 0.3) is 5.91 Å². The zero-order valence-electron chi connectivity index (χ0n) is 26.1. The van der Waals surface area contributed by atoms with E-state index in [1.165, 1.54) is 0 Å². The lowest BCUT2D eigenvalue weighted by atomic mass is 9.95. The van der Waals surface area contributed by atoms with E-state index in [4.69, 9.17) is 20.2 Å². The van der Waals surface area contributed by atoms with E-state index in [1.807, 2.05) is 72.8 Å². The van der Waals surface area contributed by atoms with Crippen molar-refractivity contribution >= 4 is 44.9 Å². The highest BCUT2D eigenvalue weighted by atomic mass is 35.7. The Kier molecular flexibility index (Phi) is 11.4. The lowest BCUT2D eigenvalue weighted by molar-refractivity contribution is -0.165. The number of carbonyl (C=O) groups is 4. The van der Waals surface area contributed by atoms with Crippen LogP contribution in [0.1, 0.15) is 57.8 Å². The number of nitrogens with one attached hydrogen (secondary N) is 2. The van der Waals surface area contributed by atoms with Crippen LogP contribution in [0.4, 0.5) is 4.79 Å². The van der Waals surface area contributed by atoms with Crippen LogP contribution < -0.4 is 10.6 Å². The highest BCUT2D eigenvalue weighted by molar-refractivity contribution is 8.14. The Bertz CT molecular complexity index is 1470. The van der Waals surface area contributed by atoms with Crippen molar-refractivity contribution in [2.75, 3.05) is 0 Å². The molecule has 1 fully saturated rings. The smallest absolute Gasteiger partial charge is 0.408 e. The number of amides is 3. The summed E-state index contributed by atoms with van der Waals surface area (Å²) in [5.41, 5.74) is 1.43. The van der Waals surface area contributed by atoms with Gasteiger partial charge in [-0.1, -0.05) is 85.5 Å². The fourth-order valence-electron chi connectivity index (χ4n) is 5.25. The third-order valence-corrected chi connectivity index (χ3v) is 8.73. The molecule has 3 amide bonds. The number of hydrogen-bond donors (Lipinski definition) is 2. The zero-order valence-corrected chi connectivity index (χ0v) is 27.7. The first kappa shape index (κ1) is 34.8. The van der Waals surface area contributed by atoms with Crippen LogP contribution in [-0.4, -0.2) is 62.4 Å². The largest absolute Gasteiger partial charge is 0.597 e. The Labute approximate surface area is 276 Å². The number of rotatable bonds is 11. The van der Waals surface area contributed by atoms with Crippen molar-refractivity contribution < 1.29 is 33.2 Å². The standard InChI is InChI=1S/C34H38ClN3O7S/c1-21(2)27(32(41)44-28(23-17-11-7-12-18-23)24-19-13-8-14-20-24)38-30(40)26(31(38)46(35)43)36-29(39)25(22-15-9-6-10-16-22)37-33(42)45-34(3,4)5/h6-9,11-14,16-20,25-28,31H,1,10,15H2,2-5H3,(H,36,39)(H,37,42). The maximum atomic E-state index is 13.8. The van der Waals surface area contributed by atoms with Gasteiger partial charge in [0, 0.05) is 0 Å². The Morgan fingerprint density at radius 2 is 1.63 bits per heavy atom. The highest BCUT2D eigenvalue weighted by Crippen LogP contribution is 2.35. The number of benzene rings is 2. The number of β-lactam (4-membered cyclic amide) rings is 1. The molecule has 2 N–H and O–H groups in total. The molecule has 12 heteroatoms. The van der Waals surface area contributed by atoms with Crippen molar-refractivity contribution in [3.63, 3.8) is 0 Å². The lowest BCUT2D eigenvalue weighted by Crippen LogP contribution is -2.76. The van der Waals surface area contributed by atoms with Crippen LogP contribution in [-0.2, 0) is 34.2 Å². The first-order valence-corrected chi connectivity index (χ1v) is 16.8. The third kappa shape index (κ3) is 8.39. The van der Waals surface area contributed by atoms with Crippen LogP contribution in [0.3, 0.4) is 0 Å². The van der Waals surface area contributed by atoms with Crippen LogP contribution in [0.2, 0.25) is 0 Å². The van der Waals surface area contributed by atoms with Crippen molar-refractivity contribution in [3.05, 3.63) is 108 Å². The maximum Gasteiger partial charge on any atom is 0.408 e. The molecular weight excluding hydrogens is 630 g/mol. The maximum absolute atomic E-state index is 13.8. The molecule has 0 radical (unpaired) electrons. The molecule has 1 aliphatic carbocycles. The summed E-state index contributed by atoms with van der Waals surface area (Å²) < 4.78 is 24.2. The summed E-state index contributed by atoms with van der Waals surface area (Å²) in [4.78, 5) is 54.7. The Morgan fingerprint density at radius 1 is 1.04 bits per heavy atom. The molecule has 1 heterocycles. The molecule has 0 bridgehead atoms. The minimum atomic E-state index is -2.23. The van der Waals surface area contributed by atoms with E-state index in [9.17, 15) is 23.7 Å². The van der Waals surface area contributed by atoms with Crippen molar-refractivity contribution in [3.8, 4) is 0 Å². The van der Waals surface area contributed by atoms with Gasteiger partial charge in [0.1, 0.15) is 11.6 Å². The second-order valence-electron chi connectivity index (χ2n) is 12.0. The summed E-state index contributed by atoms with van der Waals surface area (Å²) >= 11 is 0. The number of nitrogens with zero attached hydrogens (tertiary/aromatic N) is 1. The summed E-state index contributed by atoms with van der Waals surface area (Å²) in [6, 6.07) is 14.4. The predicted molar refractivity (Wildman–Crippen MR) is 176 cm³/mol. The number of hydrogen-bond acceptors (Lipinski definition) is 7. The number of carbonyl (C=O) groups excluding carboxylic acids is 4. The Balaban J connectivity index is 1.56. The zero-order chi connectivity index (χ0) is 33.6. The number of allylic oxidation sites excluding steroid dienone is 3. The van der Waals surface area contributed by atoms with E-state index in [0.717, 1.165) is 4.90 Å². The molecule has 1 saturated heterocycles. The minimum Gasteiger partial charge on any atom is -0.597 e. The van der Waals surface area contributed by atoms with E-state index in [2.05, 4.69) is 17.2 Å². The van der Waals surface area contributed by atoms with Crippen LogP contribution in [0.15, 0.2) is 96.6 Å². The van der Waals surface area contributed by atoms with Gasteiger partial charge in [0.2, 0.25) is 11.3 Å². The topological polar surface area (TPSA) is 137 Å². The van der Waals surface area contributed by atoms with Crippen molar-refractivity contribution in [2.24, 2.45) is 0 Å². The van der Waals surface area contributed by atoms with Crippen molar-refractivity contribution in [1.82, 2.24) is 15.5 Å². The first-order valence-electron chi connectivity index (χ1n) is 14.8. The number of alkyl carbamates (subject to hydrolysis) is 1. The van der Waals surface area contributed by atoms with Gasteiger partial charge in [0.15, 0.2) is 28.9 Å². The SMILES string of the molecule is C=C(C)C(C(=O)OC(c1ccccc1)c1ccccc1)N1C(=O)C(NC(=O)C(NC(=O)OC(C)(C)C)C2=CCC=CC2)C1[S+]([O-])Cl. The molecule has 5 atom stereocenters. The lowest BCUT2D eigenvalue weighted by Gasteiger charge is -2.47. The summed E-state index contributed by atoms with van der Waals surface area (Å²) in [5.74, 6) is -2.24. The average molecular weight is 668 g/mol. The molecule has 0 spiro atoms. The minimum absolute atomic E-state index is 0.249. The van der Waals surface area contributed by atoms with Gasteiger partial charge in [-0.05, 0) is 62.8 Å². The fraction of sp³-hybridized carbons (Fsp3) is 0.353. The molecule has 10 nitrogen and oxygen atoms in total. The quantitative estimate of drug-likeness (QED) is 0.149. The van der Waals surface area contributed by atoms with Crippen LogP contribution in [0.25, 0.3) is 0 Å². The summed E-state index contributed by atoms with van der Waals surface area (Å²) in [6.07, 6.45) is 4.89. The number of halogens is 1. The van der Waals surface area contributed by atoms with E-state index in [1.54, 1.807) is 33.8 Å². The molecule has 2 aliphatic rings. The van der Waals surface area contributed by atoms with Crippen LogP contribution in [0.5, 0.6) is 0 Å². The Morgan fingerprint density at radius 3 is 2.11 bits per heavy atom. The fourth-order valence-corrected chi connectivity index (χ4v) is 6.62. The van der Waals surface area contributed by atoms with Gasteiger partial charge in [-0.3, -0.25) is 14.5 Å². The summed E-state index contributed by atoms with van der Waals surface area (Å²) in [7, 11) is 3.86. The van der Waals surface area contributed by atoms with E-state index >= 15 is 0 Å². The Hall–Kier alpha value is -4.06. The normalized spacial score (nSPS) is 19.7. The van der Waals surface area contributed by atoms with Gasteiger partial charge in [-0.2, -0.15) is 0 Å². The number of ether oxygens (including phenoxy) is 2. The van der Waals surface area contributed by atoms with Crippen molar-refractivity contribution in [1.29, 1.82) is 0 Å². The van der Waals surface area contributed by atoms with Gasteiger partial charge in [0.05, 0.1) is 10.4 Å². The van der Waals surface area contributed by atoms with E-state index < -0.39 is 69.5 Å². The summed E-state index contributed by atoms with van der Waals surface area (Å²) in [6.45, 7) is 10.5. The van der Waals surface area contributed by atoms with Gasteiger partial charge < -0.3 is 24.7 Å². The second-order valence-corrected chi connectivity index (χ2v) is 13.9. The highest BCUT2D eigenvalue weighted by Gasteiger charge is 2.60. The molecule has 46 heavy (non-hydrogen) atoms. The molecule has 1 aliphatic heterocycles. The molecule has 244 valence electrons. The molecule has 0 saturated carbocycles. The average Bonchev–Trinajstić information content (AvgIpc) is 3.01. The monoisotopic (exact) mass is 667 g/mol. The van der Waals surface area contributed by atoms with Gasteiger partial charge in [-0.25, -0.2) is 9.59 Å². The molecular formula is C34H38ClN3O7S. The molecule has 2 aromatic carbocycles. The molecule has 0 aromatic heterocycles. The van der Waals surface area contributed by atoms with E-state index in [0.29, 0.717) is 29.5 Å². The van der Waals surface area contributed by atoms with Gasteiger partial charge >= 0.3 is 12.1 Å².